The number of rotatable bonds is 6. The fourth-order valence-corrected chi connectivity index (χ4v) is 3.90. The Kier molecular flexibility index (Phi) is 4.97. The number of carbonyl (C=O) groups is 2. The highest BCUT2D eigenvalue weighted by molar-refractivity contribution is 7.12. The number of amides is 2. The van der Waals surface area contributed by atoms with Crippen LogP contribution in [0.15, 0.2) is 54.2 Å². The minimum absolute atomic E-state index is 0.00952. The van der Waals surface area contributed by atoms with Crippen molar-refractivity contribution < 1.29 is 9.59 Å². The first-order chi connectivity index (χ1) is 13.2. The molecule has 1 aromatic carbocycles. The molecule has 1 saturated heterocycles. The van der Waals surface area contributed by atoms with E-state index in [9.17, 15) is 9.59 Å². The van der Waals surface area contributed by atoms with E-state index in [2.05, 4.69) is 15.4 Å². The molecule has 1 fully saturated rings. The Hall–Kier alpha value is -3.00. The third-order valence-electron chi connectivity index (χ3n) is 4.48. The van der Waals surface area contributed by atoms with Crippen molar-refractivity contribution in [2.75, 3.05) is 18.0 Å². The zero-order chi connectivity index (χ0) is 18.6. The Labute approximate surface area is 160 Å². The van der Waals surface area contributed by atoms with Crippen LogP contribution in [0.4, 0.5) is 5.69 Å². The number of nitrogens with zero attached hydrogens (tertiary/aromatic N) is 4. The topological polar surface area (TPSA) is 80.1 Å². The van der Waals surface area contributed by atoms with Gasteiger partial charge in [0.05, 0.1) is 11.6 Å². The van der Waals surface area contributed by atoms with Crippen LogP contribution < -0.4 is 10.2 Å². The second-order valence-corrected chi connectivity index (χ2v) is 7.19. The van der Waals surface area contributed by atoms with Crippen LogP contribution in [-0.2, 0) is 16.0 Å². The monoisotopic (exact) mass is 381 g/mol. The van der Waals surface area contributed by atoms with Crippen molar-refractivity contribution in [3.8, 4) is 5.13 Å². The van der Waals surface area contributed by atoms with Crippen molar-refractivity contribution in [3.63, 3.8) is 0 Å². The highest BCUT2D eigenvalue weighted by atomic mass is 32.1. The van der Waals surface area contributed by atoms with Crippen molar-refractivity contribution >= 4 is 28.8 Å². The second kappa shape index (κ2) is 7.71. The quantitative estimate of drug-likeness (QED) is 0.709. The lowest BCUT2D eigenvalue weighted by Crippen LogP contribution is -2.34. The summed E-state index contributed by atoms with van der Waals surface area (Å²) in [5.74, 6) is -0.401. The standard InChI is InChI=1S/C19H19N5O2S/c25-17-11-14(12-23(17)16-5-2-1-3-6-16)18(26)20-9-7-15-13-27-19(22-15)24-10-4-8-21-24/h1-6,8,10,13-14H,7,9,11-12H2,(H,20,26). The first-order valence-corrected chi connectivity index (χ1v) is 9.66. The first-order valence-electron chi connectivity index (χ1n) is 8.78. The Balaban J connectivity index is 1.28. The molecule has 2 aromatic heterocycles. The van der Waals surface area contributed by atoms with Gasteiger partial charge in [-0.1, -0.05) is 18.2 Å². The Morgan fingerprint density at radius 1 is 1.26 bits per heavy atom. The van der Waals surface area contributed by atoms with Crippen LogP contribution in [-0.4, -0.2) is 39.7 Å². The molecule has 0 spiro atoms. The van der Waals surface area contributed by atoms with Crippen LogP contribution in [0, 0.1) is 5.92 Å². The molecule has 4 rings (SSSR count). The summed E-state index contributed by atoms with van der Waals surface area (Å²) in [6.07, 6.45) is 4.45. The molecular weight excluding hydrogens is 362 g/mol. The largest absolute Gasteiger partial charge is 0.355 e. The maximum Gasteiger partial charge on any atom is 0.227 e. The Morgan fingerprint density at radius 3 is 2.89 bits per heavy atom. The van der Waals surface area contributed by atoms with Crippen molar-refractivity contribution in [2.24, 2.45) is 5.92 Å². The summed E-state index contributed by atoms with van der Waals surface area (Å²) in [4.78, 5) is 30.9. The molecule has 1 unspecified atom stereocenters. The predicted molar refractivity (Wildman–Crippen MR) is 103 cm³/mol. The van der Waals surface area contributed by atoms with Gasteiger partial charge in [-0.2, -0.15) is 5.10 Å². The molecule has 1 aliphatic rings. The maximum absolute atomic E-state index is 12.4. The summed E-state index contributed by atoms with van der Waals surface area (Å²) in [7, 11) is 0. The van der Waals surface area contributed by atoms with Gasteiger partial charge in [-0.05, 0) is 18.2 Å². The summed E-state index contributed by atoms with van der Waals surface area (Å²) >= 11 is 1.51. The van der Waals surface area contributed by atoms with E-state index in [0.29, 0.717) is 19.5 Å². The van der Waals surface area contributed by atoms with Crippen molar-refractivity contribution in [3.05, 3.63) is 59.9 Å². The molecule has 0 bridgehead atoms. The number of thiazole rings is 1. The first kappa shape index (κ1) is 17.4. The Bertz CT molecular complexity index is 923. The van der Waals surface area contributed by atoms with E-state index in [-0.39, 0.29) is 24.2 Å². The van der Waals surface area contributed by atoms with Gasteiger partial charge in [-0.25, -0.2) is 9.67 Å². The van der Waals surface area contributed by atoms with Gasteiger partial charge in [0.2, 0.25) is 16.9 Å². The normalized spacial score (nSPS) is 16.7. The minimum Gasteiger partial charge on any atom is -0.355 e. The van der Waals surface area contributed by atoms with Gasteiger partial charge in [0.1, 0.15) is 0 Å². The molecule has 1 aliphatic heterocycles. The van der Waals surface area contributed by atoms with E-state index in [0.717, 1.165) is 16.5 Å². The number of aromatic nitrogens is 3. The SMILES string of the molecule is O=C(NCCc1csc(-n2cccn2)n1)C1CC(=O)N(c2ccccc2)C1. The van der Waals surface area contributed by atoms with Crippen molar-refractivity contribution in [2.45, 2.75) is 12.8 Å². The molecule has 1 atom stereocenters. The number of nitrogens with one attached hydrogen (secondary N) is 1. The number of carbonyl (C=O) groups excluding carboxylic acids is 2. The average Bonchev–Trinajstić information content (AvgIpc) is 3.43. The van der Waals surface area contributed by atoms with E-state index in [1.54, 1.807) is 15.8 Å². The fourth-order valence-electron chi connectivity index (χ4n) is 3.10. The van der Waals surface area contributed by atoms with Gasteiger partial charge in [0, 0.05) is 49.4 Å². The van der Waals surface area contributed by atoms with Crippen LogP contribution in [0.2, 0.25) is 0 Å². The molecule has 0 saturated carbocycles. The lowest BCUT2D eigenvalue weighted by molar-refractivity contribution is -0.126. The van der Waals surface area contributed by atoms with E-state index in [1.165, 1.54) is 11.3 Å². The van der Waals surface area contributed by atoms with Gasteiger partial charge in [-0.15, -0.1) is 11.3 Å². The number of hydrogen-bond acceptors (Lipinski definition) is 5. The van der Waals surface area contributed by atoms with E-state index in [4.69, 9.17) is 0 Å². The zero-order valence-electron chi connectivity index (χ0n) is 14.6. The maximum atomic E-state index is 12.4. The predicted octanol–water partition coefficient (Wildman–Crippen LogP) is 2.04. The molecule has 3 heterocycles. The number of para-hydroxylation sites is 1. The van der Waals surface area contributed by atoms with Crippen LogP contribution in [0.5, 0.6) is 0 Å². The zero-order valence-corrected chi connectivity index (χ0v) is 15.4. The number of hydrogen-bond donors (Lipinski definition) is 1. The van der Waals surface area contributed by atoms with E-state index < -0.39 is 0 Å². The lowest BCUT2D eigenvalue weighted by atomic mass is 10.1. The van der Waals surface area contributed by atoms with Crippen LogP contribution in [0.3, 0.4) is 0 Å². The molecule has 3 aromatic rings. The Morgan fingerprint density at radius 2 is 2.11 bits per heavy atom. The number of benzene rings is 1. The summed E-state index contributed by atoms with van der Waals surface area (Å²) < 4.78 is 1.72. The minimum atomic E-state index is -0.312. The highest BCUT2D eigenvalue weighted by Crippen LogP contribution is 2.24. The van der Waals surface area contributed by atoms with Crippen LogP contribution in [0.25, 0.3) is 5.13 Å². The molecule has 1 N–H and O–H groups in total. The number of anilines is 1. The summed E-state index contributed by atoms with van der Waals surface area (Å²) in [5, 5.41) is 9.87. The summed E-state index contributed by atoms with van der Waals surface area (Å²) in [5.41, 5.74) is 1.76. The lowest BCUT2D eigenvalue weighted by Gasteiger charge is -2.16. The third-order valence-corrected chi connectivity index (χ3v) is 5.36. The summed E-state index contributed by atoms with van der Waals surface area (Å²) in [6.45, 7) is 0.923. The van der Waals surface area contributed by atoms with E-state index >= 15 is 0 Å². The van der Waals surface area contributed by atoms with Crippen LogP contribution >= 0.6 is 11.3 Å². The highest BCUT2D eigenvalue weighted by Gasteiger charge is 2.34. The second-order valence-electron chi connectivity index (χ2n) is 6.35. The molecule has 27 heavy (non-hydrogen) atoms. The molecule has 0 aliphatic carbocycles. The molecule has 0 radical (unpaired) electrons. The van der Waals surface area contributed by atoms with E-state index in [1.807, 2.05) is 48.0 Å². The van der Waals surface area contributed by atoms with Gasteiger partial charge in [0.15, 0.2) is 0 Å². The molecule has 7 nitrogen and oxygen atoms in total. The van der Waals surface area contributed by atoms with Crippen LogP contribution in [0.1, 0.15) is 12.1 Å². The van der Waals surface area contributed by atoms with Gasteiger partial charge in [-0.3, -0.25) is 9.59 Å². The van der Waals surface area contributed by atoms with Gasteiger partial charge < -0.3 is 10.2 Å². The molecule has 8 heteroatoms. The van der Waals surface area contributed by atoms with Crippen molar-refractivity contribution in [1.82, 2.24) is 20.1 Å². The average molecular weight is 381 g/mol. The van der Waals surface area contributed by atoms with Gasteiger partial charge in [0.25, 0.3) is 0 Å². The smallest absolute Gasteiger partial charge is 0.227 e. The molecule has 2 amide bonds. The third kappa shape index (κ3) is 3.90. The molecular formula is C19H19N5O2S. The van der Waals surface area contributed by atoms with Gasteiger partial charge >= 0.3 is 0 Å². The van der Waals surface area contributed by atoms with Crippen molar-refractivity contribution in [1.29, 1.82) is 0 Å². The molecule has 138 valence electrons. The fraction of sp³-hybridized carbons (Fsp3) is 0.263. The summed E-state index contributed by atoms with van der Waals surface area (Å²) in [6, 6.07) is 11.3.